The molecule has 0 radical (unpaired) electrons. The lowest BCUT2D eigenvalue weighted by Crippen LogP contribution is -2.65. The Morgan fingerprint density at radius 2 is 1.72 bits per heavy atom. The lowest BCUT2D eigenvalue weighted by Gasteiger charge is -2.50. The number of methoxy groups -OCH3 is 1. The minimum absolute atomic E-state index is 0. The van der Waals surface area contributed by atoms with Crippen LogP contribution in [0.5, 0.6) is 5.75 Å². The van der Waals surface area contributed by atoms with Crippen LogP contribution >= 0.6 is 0 Å². The summed E-state index contributed by atoms with van der Waals surface area (Å²) in [6.45, 7) is 1.38. The van der Waals surface area contributed by atoms with Gasteiger partial charge in [0, 0.05) is 18.6 Å². The number of likely N-dealkylation sites (N-methyl/N-ethyl adjacent to an activating group) is 1. The van der Waals surface area contributed by atoms with Gasteiger partial charge in [-0.15, -0.1) is 0 Å². The summed E-state index contributed by atoms with van der Waals surface area (Å²) in [5.41, 5.74) is 4.01. The third-order valence-electron chi connectivity index (χ3n) is 10.6. The molecule has 2 amide bonds. The van der Waals surface area contributed by atoms with Gasteiger partial charge in [0.05, 0.1) is 31.2 Å². The standard InChI is InChI=1S/C36H40N4O10.H2/c1-39(2)29-23-15-19-14-22-21(17-4-6-20(7-5-17)38-25(42)16-40-12-10-18(11-13-40)35(48)50-3)8-9-24(41)27(22)30(43)26(19)32(45)36(23,49)33(46)28(31(29)44)34(37)47;/h4-9,18-19,23,29,41,43,46,49H,10-16H2,1-3H3,(H2,37,47)(H,38,42);1H/t19-,23-,29?,36-;/m0./s1/i;1+1. The maximum atomic E-state index is 14.1. The van der Waals surface area contributed by atoms with E-state index in [2.05, 4.69) is 5.32 Å². The minimum Gasteiger partial charge on any atom is -0.508 e. The molecule has 266 valence electrons. The zero-order valence-corrected chi connectivity index (χ0v) is 27.9. The lowest BCUT2D eigenvalue weighted by atomic mass is 9.57. The minimum atomic E-state index is -2.71. The number of likely N-dealkylation sites (tertiary alicyclic amines) is 1. The average Bonchev–Trinajstić information content (AvgIpc) is 3.06. The zero-order valence-electron chi connectivity index (χ0n) is 27.9. The van der Waals surface area contributed by atoms with Crippen LogP contribution in [-0.4, -0.2) is 112 Å². The highest BCUT2D eigenvalue weighted by Crippen LogP contribution is 2.53. The number of aromatic hydroxyl groups is 1. The summed E-state index contributed by atoms with van der Waals surface area (Å²) in [5, 5.41) is 48.2. The highest BCUT2D eigenvalue weighted by molar-refractivity contribution is 6.24. The van der Waals surface area contributed by atoms with E-state index in [0.29, 0.717) is 48.3 Å². The number of esters is 1. The first kappa shape index (κ1) is 34.8. The fraction of sp³-hybridized carbons (Fsp3) is 0.417. The molecule has 1 saturated carbocycles. The first-order chi connectivity index (χ1) is 23.7. The summed E-state index contributed by atoms with van der Waals surface area (Å²) >= 11 is 0. The second-order valence-electron chi connectivity index (χ2n) is 13.6. The predicted molar refractivity (Wildman–Crippen MR) is 182 cm³/mol. The van der Waals surface area contributed by atoms with Gasteiger partial charge in [-0.2, -0.15) is 0 Å². The maximum absolute atomic E-state index is 14.1. The molecular formula is C36H42N4O10. The number of phenols is 1. The molecule has 50 heavy (non-hydrogen) atoms. The van der Waals surface area contributed by atoms with Crippen LogP contribution in [0.25, 0.3) is 16.9 Å². The van der Waals surface area contributed by atoms with E-state index in [9.17, 15) is 44.4 Å². The first-order valence-corrected chi connectivity index (χ1v) is 16.4. The SMILES string of the molecule is COC(=O)C1CCN(CC(=O)Nc2ccc(-c3ccc(O)c4c3C[C@H]3C[C@H]5C(N(C)C)C(=O)C(C(N)=O)=C(O)[C@@]5(O)C(=O)C3=C4O)cc2)CC1.[2HH]. The molecule has 4 aliphatic rings. The summed E-state index contributed by atoms with van der Waals surface area (Å²) in [4.78, 5) is 67.7. The van der Waals surface area contributed by atoms with Crippen LogP contribution in [0.3, 0.4) is 0 Å². The Morgan fingerprint density at radius 1 is 1.06 bits per heavy atom. The number of nitrogens with one attached hydrogen (secondary N) is 1. The van der Waals surface area contributed by atoms with E-state index in [4.69, 9.17) is 10.5 Å². The summed E-state index contributed by atoms with van der Waals surface area (Å²) in [5.74, 6) is -7.68. The molecular weight excluding hydrogens is 648 g/mol. The van der Waals surface area contributed by atoms with E-state index >= 15 is 0 Å². The molecule has 14 nitrogen and oxygen atoms in total. The van der Waals surface area contributed by atoms with Crippen LogP contribution in [0.2, 0.25) is 0 Å². The third-order valence-corrected chi connectivity index (χ3v) is 10.6. The van der Waals surface area contributed by atoms with Crippen LogP contribution in [0.1, 0.15) is 31.8 Å². The van der Waals surface area contributed by atoms with E-state index in [-0.39, 0.29) is 55.5 Å². The van der Waals surface area contributed by atoms with E-state index in [1.54, 1.807) is 44.4 Å². The number of aliphatic hydroxyl groups is 3. The number of rotatable bonds is 7. The van der Waals surface area contributed by atoms with Gasteiger partial charge in [-0.3, -0.25) is 33.8 Å². The van der Waals surface area contributed by atoms with Crippen LogP contribution < -0.4 is 11.1 Å². The van der Waals surface area contributed by atoms with Crippen LogP contribution in [0, 0.1) is 17.8 Å². The van der Waals surface area contributed by atoms with Crippen molar-refractivity contribution in [2.75, 3.05) is 46.2 Å². The number of Topliss-reactive ketones (excluding diaryl/α,β-unsaturated/α-hetero) is 2. The second kappa shape index (κ2) is 13.0. The van der Waals surface area contributed by atoms with E-state index < -0.39 is 58.0 Å². The number of fused-ring (bicyclic) bond motifs is 3. The fourth-order valence-electron chi connectivity index (χ4n) is 8.14. The number of piperidine rings is 1. The van der Waals surface area contributed by atoms with Gasteiger partial charge in [0.15, 0.2) is 11.4 Å². The van der Waals surface area contributed by atoms with Gasteiger partial charge >= 0.3 is 5.97 Å². The molecule has 4 atom stereocenters. The van der Waals surface area contributed by atoms with Gasteiger partial charge in [-0.1, -0.05) is 18.2 Å². The number of primary amides is 1. The van der Waals surface area contributed by atoms with E-state index in [1.807, 2.05) is 4.90 Å². The molecule has 0 bridgehead atoms. The molecule has 1 heterocycles. The van der Waals surface area contributed by atoms with Gasteiger partial charge in [0.1, 0.15) is 22.8 Å². The molecule has 3 aliphatic carbocycles. The zero-order chi connectivity index (χ0) is 36.2. The number of amides is 2. The van der Waals surface area contributed by atoms with Crippen LogP contribution in [-0.2, 0) is 35.1 Å². The monoisotopic (exact) mass is 691 g/mol. The molecule has 0 spiro atoms. The molecule has 7 N–H and O–H groups in total. The molecule has 14 heteroatoms. The van der Waals surface area contributed by atoms with Gasteiger partial charge in [-0.25, -0.2) is 0 Å². The van der Waals surface area contributed by atoms with Gasteiger partial charge < -0.3 is 36.2 Å². The number of ketones is 2. The number of aliphatic hydroxyl groups excluding tert-OH is 2. The topological polar surface area (TPSA) is 220 Å². The second-order valence-corrected chi connectivity index (χ2v) is 13.6. The number of hydrogen-bond acceptors (Lipinski definition) is 12. The van der Waals surface area contributed by atoms with Crippen molar-refractivity contribution in [2.24, 2.45) is 23.5 Å². The number of carbonyl (C=O) groups excluding carboxylic acids is 5. The largest absolute Gasteiger partial charge is 0.508 e. The number of ether oxygens (including phenoxy) is 1. The molecule has 1 saturated heterocycles. The van der Waals surface area contributed by atoms with Crippen molar-refractivity contribution >= 4 is 40.8 Å². The normalized spacial score (nSPS) is 25.6. The van der Waals surface area contributed by atoms with Gasteiger partial charge in [-0.05, 0) is 93.7 Å². The summed E-state index contributed by atoms with van der Waals surface area (Å²) in [7, 11) is 4.46. The van der Waals surface area contributed by atoms with E-state index in [0.717, 1.165) is 0 Å². The summed E-state index contributed by atoms with van der Waals surface area (Å²) < 4.78 is 4.83. The molecule has 1 aliphatic heterocycles. The summed E-state index contributed by atoms with van der Waals surface area (Å²) in [6.07, 6.45) is 1.37. The molecule has 2 aromatic carbocycles. The molecule has 2 fully saturated rings. The number of phenolic OH excluding ortho intramolecular Hbond substituents is 1. The molecule has 6 rings (SSSR count). The lowest BCUT2D eigenvalue weighted by molar-refractivity contribution is -0.153. The Bertz CT molecular complexity index is 1870. The van der Waals surface area contributed by atoms with Crippen molar-refractivity contribution < 1.29 is 50.6 Å². The van der Waals surface area contributed by atoms with Crippen molar-refractivity contribution in [1.29, 1.82) is 0 Å². The third kappa shape index (κ3) is 5.62. The smallest absolute Gasteiger partial charge is 0.308 e. The summed E-state index contributed by atoms with van der Waals surface area (Å²) in [6, 6.07) is 8.89. The quantitative estimate of drug-likeness (QED) is 0.181. The number of carbonyl (C=O) groups is 5. The fourth-order valence-corrected chi connectivity index (χ4v) is 8.14. The number of hydrogen-bond donors (Lipinski definition) is 6. The van der Waals surface area contributed by atoms with Gasteiger partial charge in [0.25, 0.3) is 5.91 Å². The average molecular weight is 692 g/mol. The highest BCUT2D eigenvalue weighted by atomic mass is 16.5. The highest BCUT2D eigenvalue weighted by Gasteiger charge is 2.64. The number of nitrogens with two attached hydrogens (primary N) is 1. The van der Waals surface area contributed by atoms with Crippen molar-refractivity contribution in [3.05, 3.63) is 64.4 Å². The predicted octanol–water partition coefficient (Wildman–Crippen LogP) is 1.70. The van der Waals surface area contributed by atoms with Gasteiger partial charge in [0.2, 0.25) is 11.7 Å². The van der Waals surface area contributed by atoms with Crippen LogP contribution in [0.15, 0.2) is 53.3 Å². The van der Waals surface area contributed by atoms with Crippen molar-refractivity contribution in [2.45, 2.75) is 37.3 Å². The van der Waals surface area contributed by atoms with E-state index in [1.165, 1.54) is 18.1 Å². The number of anilines is 1. The molecule has 1 unspecified atom stereocenters. The number of benzene rings is 2. The Morgan fingerprint density at radius 3 is 2.32 bits per heavy atom. The van der Waals surface area contributed by atoms with Crippen LogP contribution in [0.4, 0.5) is 5.69 Å². The van der Waals surface area contributed by atoms with Crippen molar-refractivity contribution in [1.82, 2.24) is 9.80 Å². The first-order valence-electron chi connectivity index (χ1n) is 16.4. The maximum Gasteiger partial charge on any atom is 0.308 e. The Hall–Kier alpha value is -5.05. The Kier molecular flexibility index (Phi) is 9.05. The van der Waals surface area contributed by atoms with Crippen molar-refractivity contribution in [3.63, 3.8) is 0 Å². The Balaban J connectivity index is 0.00000504. The molecule has 0 aromatic heterocycles. The van der Waals surface area contributed by atoms with Crippen molar-refractivity contribution in [3.8, 4) is 16.9 Å². The molecule has 2 aromatic rings. The Labute approximate surface area is 289 Å². The number of nitrogens with zero attached hydrogens (tertiary/aromatic N) is 2.